The first-order valence-electron chi connectivity index (χ1n) is 4.95. The summed E-state index contributed by atoms with van der Waals surface area (Å²) < 4.78 is 41.8. The molecule has 102 valence electrons. The minimum atomic E-state index is -4.53. The van der Waals surface area contributed by atoms with Crippen molar-refractivity contribution in [1.82, 2.24) is 0 Å². The van der Waals surface area contributed by atoms with Crippen molar-refractivity contribution >= 4 is 18.4 Å². The Hall–Kier alpha value is -1.27. The molecule has 0 saturated carbocycles. The monoisotopic (exact) mass is 283 g/mol. The van der Waals surface area contributed by atoms with Crippen LogP contribution in [-0.2, 0) is 4.74 Å². The number of rotatable bonds is 3. The van der Waals surface area contributed by atoms with Gasteiger partial charge in [0.15, 0.2) is 0 Å². The molecule has 18 heavy (non-hydrogen) atoms. The lowest BCUT2D eigenvalue weighted by Gasteiger charge is -2.16. The summed E-state index contributed by atoms with van der Waals surface area (Å²) in [5.74, 6) is -0.663. The Kier molecular flexibility index (Phi) is 6.14. The van der Waals surface area contributed by atoms with Gasteiger partial charge in [0.1, 0.15) is 6.04 Å². The number of benzene rings is 1. The molecule has 2 N–H and O–H groups in total. The highest BCUT2D eigenvalue weighted by Gasteiger charge is 2.37. The van der Waals surface area contributed by atoms with E-state index < -0.39 is 18.2 Å². The van der Waals surface area contributed by atoms with Crippen molar-refractivity contribution < 1.29 is 22.7 Å². The maximum Gasteiger partial charge on any atom is 0.407 e. The minimum absolute atomic E-state index is 0. The average molecular weight is 284 g/mol. The normalized spacial score (nSPS) is 12.5. The molecule has 0 saturated heterocycles. The molecule has 0 amide bonds. The SMILES string of the molecule is CCOC(=O)c1cccc([C@H](N)C(F)(F)F)c1.Cl. The number of hydrogen-bond donors (Lipinski definition) is 1. The molecule has 0 unspecified atom stereocenters. The molecule has 0 fully saturated rings. The first-order valence-corrected chi connectivity index (χ1v) is 4.95. The van der Waals surface area contributed by atoms with Crippen molar-refractivity contribution in [1.29, 1.82) is 0 Å². The molecule has 3 nitrogen and oxygen atoms in total. The van der Waals surface area contributed by atoms with Crippen LogP contribution in [0.1, 0.15) is 28.9 Å². The quantitative estimate of drug-likeness (QED) is 0.868. The van der Waals surface area contributed by atoms with Gasteiger partial charge in [0.2, 0.25) is 0 Å². The molecule has 0 aliphatic carbocycles. The van der Waals surface area contributed by atoms with Crippen LogP contribution in [0.15, 0.2) is 24.3 Å². The van der Waals surface area contributed by atoms with Gasteiger partial charge in [0.25, 0.3) is 0 Å². The van der Waals surface area contributed by atoms with E-state index in [1.807, 2.05) is 0 Å². The Labute approximate surface area is 109 Å². The number of halogens is 4. The van der Waals surface area contributed by atoms with Crippen molar-refractivity contribution in [3.63, 3.8) is 0 Å². The van der Waals surface area contributed by atoms with Gasteiger partial charge in [-0.25, -0.2) is 4.79 Å². The highest BCUT2D eigenvalue weighted by Crippen LogP contribution is 2.30. The lowest BCUT2D eigenvalue weighted by Crippen LogP contribution is -2.28. The van der Waals surface area contributed by atoms with Crippen molar-refractivity contribution in [2.24, 2.45) is 5.73 Å². The Morgan fingerprint density at radius 2 is 2.06 bits per heavy atom. The van der Waals surface area contributed by atoms with Crippen LogP contribution in [0.3, 0.4) is 0 Å². The van der Waals surface area contributed by atoms with E-state index in [2.05, 4.69) is 4.74 Å². The van der Waals surface area contributed by atoms with Crippen LogP contribution in [-0.4, -0.2) is 18.8 Å². The summed E-state index contributed by atoms with van der Waals surface area (Å²) in [6, 6.07) is 2.94. The fourth-order valence-corrected chi connectivity index (χ4v) is 1.26. The van der Waals surface area contributed by atoms with Gasteiger partial charge in [-0.3, -0.25) is 0 Å². The highest BCUT2D eigenvalue weighted by atomic mass is 35.5. The second-order valence-corrected chi connectivity index (χ2v) is 3.37. The van der Waals surface area contributed by atoms with E-state index in [9.17, 15) is 18.0 Å². The molecule has 0 bridgehead atoms. The van der Waals surface area contributed by atoms with Crippen LogP contribution in [0.25, 0.3) is 0 Å². The number of esters is 1. The Bertz CT molecular complexity index is 410. The van der Waals surface area contributed by atoms with Gasteiger partial charge in [-0.1, -0.05) is 12.1 Å². The Morgan fingerprint density at radius 1 is 1.44 bits per heavy atom. The third-order valence-electron chi connectivity index (χ3n) is 2.11. The first kappa shape index (κ1) is 16.7. The van der Waals surface area contributed by atoms with Gasteiger partial charge < -0.3 is 10.5 Å². The van der Waals surface area contributed by atoms with Crippen LogP contribution in [0.5, 0.6) is 0 Å². The van der Waals surface area contributed by atoms with E-state index in [0.29, 0.717) is 0 Å². The van der Waals surface area contributed by atoms with Crippen molar-refractivity contribution in [3.8, 4) is 0 Å². The lowest BCUT2D eigenvalue weighted by molar-refractivity contribution is -0.149. The average Bonchev–Trinajstić information content (AvgIpc) is 2.27. The molecule has 0 aliphatic heterocycles. The number of carbonyl (C=O) groups is 1. The summed E-state index contributed by atoms with van der Waals surface area (Å²) >= 11 is 0. The van der Waals surface area contributed by atoms with E-state index in [-0.39, 0.29) is 30.1 Å². The maximum atomic E-state index is 12.4. The molecule has 0 spiro atoms. The van der Waals surface area contributed by atoms with E-state index in [4.69, 9.17) is 5.73 Å². The molecule has 0 radical (unpaired) electrons. The summed E-state index contributed by atoms with van der Waals surface area (Å²) in [7, 11) is 0. The van der Waals surface area contributed by atoms with Gasteiger partial charge in [-0.05, 0) is 24.6 Å². The summed E-state index contributed by atoms with van der Waals surface area (Å²) in [5, 5.41) is 0. The molecule has 0 aromatic heterocycles. The predicted octanol–water partition coefficient (Wildman–Crippen LogP) is 2.85. The molecular weight excluding hydrogens is 271 g/mol. The lowest BCUT2D eigenvalue weighted by atomic mass is 10.0. The standard InChI is InChI=1S/C11H12F3NO2.ClH/c1-2-17-10(16)8-5-3-4-7(6-8)9(15)11(12,13)14;/h3-6,9H,2,15H2,1H3;1H/t9-;/m0./s1. The van der Waals surface area contributed by atoms with E-state index in [1.54, 1.807) is 6.92 Å². The molecule has 1 aromatic carbocycles. The molecule has 1 aromatic rings. The van der Waals surface area contributed by atoms with E-state index >= 15 is 0 Å². The van der Waals surface area contributed by atoms with Crippen LogP contribution in [0.2, 0.25) is 0 Å². The molecule has 0 aliphatic rings. The number of carbonyl (C=O) groups excluding carboxylic acids is 1. The van der Waals surface area contributed by atoms with Crippen molar-refractivity contribution in [3.05, 3.63) is 35.4 Å². The summed E-state index contributed by atoms with van der Waals surface area (Å²) in [6.07, 6.45) is -4.53. The van der Waals surface area contributed by atoms with Crippen molar-refractivity contribution in [2.75, 3.05) is 6.61 Å². The van der Waals surface area contributed by atoms with Crippen LogP contribution in [0.4, 0.5) is 13.2 Å². The molecule has 1 rings (SSSR count). The van der Waals surface area contributed by atoms with Crippen LogP contribution < -0.4 is 5.73 Å². The van der Waals surface area contributed by atoms with Gasteiger partial charge in [-0.2, -0.15) is 13.2 Å². The minimum Gasteiger partial charge on any atom is -0.462 e. The number of ether oxygens (including phenoxy) is 1. The Balaban J connectivity index is 0.00000289. The molecular formula is C11H13ClF3NO2. The van der Waals surface area contributed by atoms with Gasteiger partial charge in [0.05, 0.1) is 12.2 Å². The summed E-state index contributed by atoms with van der Waals surface area (Å²) in [4.78, 5) is 11.3. The predicted molar refractivity (Wildman–Crippen MR) is 62.6 cm³/mol. The fourth-order valence-electron chi connectivity index (χ4n) is 1.26. The third-order valence-corrected chi connectivity index (χ3v) is 2.11. The Morgan fingerprint density at radius 3 is 2.56 bits per heavy atom. The van der Waals surface area contributed by atoms with Gasteiger partial charge in [-0.15, -0.1) is 12.4 Å². The zero-order chi connectivity index (χ0) is 13.1. The van der Waals surface area contributed by atoms with E-state index in [0.717, 1.165) is 6.07 Å². The second-order valence-electron chi connectivity index (χ2n) is 3.37. The van der Waals surface area contributed by atoms with Gasteiger partial charge >= 0.3 is 12.1 Å². The summed E-state index contributed by atoms with van der Waals surface area (Å²) in [5.41, 5.74) is 4.93. The maximum absolute atomic E-state index is 12.4. The number of nitrogens with two attached hydrogens (primary N) is 1. The summed E-state index contributed by atoms with van der Waals surface area (Å²) in [6.45, 7) is 1.78. The number of hydrogen-bond acceptors (Lipinski definition) is 3. The topological polar surface area (TPSA) is 52.3 Å². The number of alkyl halides is 3. The smallest absolute Gasteiger partial charge is 0.407 e. The molecule has 0 heterocycles. The van der Waals surface area contributed by atoms with Crippen molar-refractivity contribution in [2.45, 2.75) is 19.1 Å². The van der Waals surface area contributed by atoms with Crippen LogP contribution >= 0.6 is 12.4 Å². The zero-order valence-electron chi connectivity index (χ0n) is 9.53. The fraction of sp³-hybridized carbons (Fsp3) is 0.364. The molecule has 1 atom stereocenters. The second kappa shape index (κ2) is 6.61. The van der Waals surface area contributed by atoms with Crippen LogP contribution in [0, 0.1) is 0 Å². The third kappa shape index (κ3) is 4.19. The first-order chi connectivity index (χ1) is 7.86. The largest absolute Gasteiger partial charge is 0.462 e. The molecule has 7 heteroatoms. The zero-order valence-corrected chi connectivity index (χ0v) is 10.3. The van der Waals surface area contributed by atoms with Gasteiger partial charge in [0, 0.05) is 0 Å². The highest BCUT2D eigenvalue weighted by molar-refractivity contribution is 5.89. The van der Waals surface area contributed by atoms with E-state index in [1.165, 1.54) is 18.2 Å².